The molecule has 3 aliphatic rings. The fourth-order valence-electron chi connectivity index (χ4n) is 5.53. The monoisotopic (exact) mass is 385 g/mol. The minimum absolute atomic E-state index is 0.0352. The SMILES string of the molecule is CO[C@H]1[C@H](NC(=O)C2CCN(C(C)=O)CC2)c2ccccc2C12CCNCC2. The van der Waals surface area contributed by atoms with E-state index in [1.165, 1.54) is 11.1 Å². The van der Waals surface area contributed by atoms with E-state index in [1.54, 1.807) is 14.0 Å². The van der Waals surface area contributed by atoms with Crippen LogP contribution in [-0.2, 0) is 19.7 Å². The Kier molecular flexibility index (Phi) is 5.43. The molecular formula is C22H31N3O3. The van der Waals surface area contributed by atoms with Crippen LogP contribution < -0.4 is 10.6 Å². The predicted octanol–water partition coefficient (Wildman–Crippen LogP) is 1.75. The van der Waals surface area contributed by atoms with Crippen LogP contribution in [0, 0.1) is 5.92 Å². The highest BCUT2D eigenvalue weighted by Crippen LogP contribution is 2.51. The first-order chi connectivity index (χ1) is 13.6. The van der Waals surface area contributed by atoms with Crippen molar-refractivity contribution < 1.29 is 14.3 Å². The topological polar surface area (TPSA) is 70.7 Å². The second-order valence-electron chi connectivity index (χ2n) is 8.42. The van der Waals surface area contributed by atoms with E-state index < -0.39 is 0 Å². The molecule has 2 N–H and O–H groups in total. The van der Waals surface area contributed by atoms with Gasteiger partial charge in [-0.05, 0) is 49.9 Å². The maximum atomic E-state index is 13.1. The third-order valence-corrected chi connectivity index (χ3v) is 7.04. The van der Waals surface area contributed by atoms with E-state index >= 15 is 0 Å². The van der Waals surface area contributed by atoms with Crippen LogP contribution in [0.2, 0.25) is 0 Å². The van der Waals surface area contributed by atoms with Crippen LogP contribution in [0.4, 0.5) is 0 Å². The van der Waals surface area contributed by atoms with Gasteiger partial charge in [0.1, 0.15) is 0 Å². The second kappa shape index (κ2) is 7.84. The summed E-state index contributed by atoms with van der Waals surface area (Å²) >= 11 is 0. The van der Waals surface area contributed by atoms with Crippen molar-refractivity contribution in [2.24, 2.45) is 5.92 Å². The van der Waals surface area contributed by atoms with Gasteiger partial charge in [0.15, 0.2) is 0 Å². The van der Waals surface area contributed by atoms with Crippen molar-refractivity contribution in [2.75, 3.05) is 33.3 Å². The highest BCUT2D eigenvalue weighted by atomic mass is 16.5. The molecule has 0 saturated carbocycles. The summed E-state index contributed by atoms with van der Waals surface area (Å²) < 4.78 is 6.04. The number of ether oxygens (including phenoxy) is 1. The average molecular weight is 386 g/mol. The summed E-state index contributed by atoms with van der Waals surface area (Å²) in [5.74, 6) is 0.150. The number of carbonyl (C=O) groups excluding carboxylic acids is 2. The molecule has 2 fully saturated rings. The van der Waals surface area contributed by atoms with Crippen LogP contribution in [0.3, 0.4) is 0 Å². The van der Waals surface area contributed by atoms with E-state index in [0.717, 1.165) is 38.8 Å². The molecule has 0 aromatic heterocycles. The van der Waals surface area contributed by atoms with Crippen molar-refractivity contribution in [3.63, 3.8) is 0 Å². The summed E-state index contributed by atoms with van der Waals surface area (Å²) in [6.07, 6.45) is 3.45. The number of hydrogen-bond donors (Lipinski definition) is 2. The zero-order chi connectivity index (χ0) is 19.7. The van der Waals surface area contributed by atoms with E-state index in [4.69, 9.17) is 4.74 Å². The Labute approximate surface area is 167 Å². The Hall–Kier alpha value is -1.92. The summed E-state index contributed by atoms with van der Waals surface area (Å²) in [5, 5.41) is 6.79. The molecule has 6 nitrogen and oxygen atoms in total. The van der Waals surface area contributed by atoms with Gasteiger partial charge in [0, 0.05) is 38.5 Å². The van der Waals surface area contributed by atoms with Gasteiger partial charge in [-0.3, -0.25) is 9.59 Å². The molecule has 1 spiro atoms. The second-order valence-corrected chi connectivity index (χ2v) is 8.42. The van der Waals surface area contributed by atoms with Crippen molar-refractivity contribution in [3.8, 4) is 0 Å². The average Bonchev–Trinajstić information content (AvgIpc) is 2.97. The maximum absolute atomic E-state index is 13.1. The quantitative estimate of drug-likeness (QED) is 0.832. The summed E-state index contributed by atoms with van der Waals surface area (Å²) in [6.45, 7) is 4.87. The molecule has 0 bridgehead atoms. The Morgan fingerprint density at radius 2 is 1.86 bits per heavy atom. The molecule has 6 heteroatoms. The van der Waals surface area contributed by atoms with Crippen LogP contribution in [0.15, 0.2) is 24.3 Å². The smallest absolute Gasteiger partial charge is 0.223 e. The minimum Gasteiger partial charge on any atom is -0.378 e. The first-order valence-corrected chi connectivity index (χ1v) is 10.5. The van der Waals surface area contributed by atoms with Crippen molar-refractivity contribution in [1.29, 1.82) is 0 Å². The van der Waals surface area contributed by atoms with Gasteiger partial charge in [-0.25, -0.2) is 0 Å². The largest absolute Gasteiger partial charge is 0.378 e. The first kappa shape index (κ1) is 19.4. The van der Waals surface area contributed by atoms with Crippen LogP contribution in [-0.4, -0.2) is 56.1 Å². The minimum atomic E-state index is -0.113. The fraction of sp³-hybridized carbons (Fsp3) is 0.636. The molecule has 1 aromatic rings. The predicted molar refractivity (Wildman–Crippen MR) is 107 cm³/mol. The van der Waals surface area contributed by atoms with Gasteiger partial charge < -0.3 is 20.3 Å². The zero-order valence-corrected chi connectivity index (χ0v) is 16.9. The van der Waals surface area contributed by atoms with E-state index in [9.17, 15) is 9.59 Å². The van der Waals surface area contributed by atoms with Crippen LogP contribution in [0.5, 0.6) is 0 Å². The summed E-state index contributed by atoms with van der Waals surface area (Å²) in [5.41, 5.74) is 2.50. The summed E-state index contributed by atoms with van der Waals surface area (Å²) in [6, 6.07) is 8.39. The summed E-state index contributed by atoms with van der Waals surface area (Å²) in [7, 11) is 1.77. The number of nitrogens with one attached hydrogen (secondary N) is 2. The standard InChI is InChI=1S/C22H31N3O3/c1-15(26)25-13-7-16(8-14-25)21(27)24-19-17-5-3-4-6-18(17)22(20(19)28-2)9-11-23-12-10-22/h3-6,16,19-20,23H,7-14H2,1-2H3,(H,24,27)/t19-,20+/m1/s1. The lowest BCUT2D eigenvalue weighted by Crippen LogP contribution is -2.50. The Morgan fingerprint density at radius 1 is 1.18 bits per heavy atom. The molecule has 2 amide bonds. The van der Waals surface area contributed by atoms with Crippen LogP contribution in [0.1, 0.15) is 49.8 Å². The highest BCUT2D eigenvalue weighted by Gasteiger charge is 2.53. The molecule has 0 radical (unpaired) electrons. The number of rotatable bonds is 3. The Balaban J connectivity index is 1.54. The van der Waals surface area contributed by atoms with E-state index in [0.29, 0.717) is 13.1 Å². The number of methoxy groups -OCH3 is 1. The molecule has 2 heterocycles. The van der Waals surface area contributed by atoms with E-state index in [2.05, 4.69) is 34.9 Å². The lowest BCUT2D eigenvalue weighted by Gasteiger charge is -2.41. The molecule has 0 unspecified atom stereocenters. The van der Waals surface area contributed by atoms with E-state index in [-0.39, 0.29) is 35.3 Å². The molecule has 4 rings (SSSR count). The number of benzene rings is 1. The van der Waals surface area contributed by atoms with Crippen LogP contribution in [0.25, 0.3) is 0 Å². The number of hydrogen-bond acceptors (Lipinski definition) is 4. The molecule has 2 atom stereocenters. The third kappa shape index (κ3) is 3.22. The number of carbonyl (C=O) groups is 2. The molecule has 1 aliphatic carbocycles. The van der Waals surface area contributed by atoms with Gasteiger partial charge in [-0.1, -0.05) is 24.3 Å². The molecule has 1 aromatic carbocycles. The van der Waals surface area contributed by atoms with Crippen LogP contribution >= 0.6 is 0 Å². The number of fused-ring (bicyclic) bond motifs is 2. The van der Waals surface area contributed by atoms with Gasteiger partial charge in [-0.2, -0.15) is 0 Å². The molecule has 2 aliphatic heterocycles. The first-order valence-electron chi connectivity index (χ1n) is 10.5. The number of piperidine rings is 2. The molecule has 2 saturated heterocycles. The fourth-order valence-corrected chi connectivity index (χ4v) is 5.53. The maximum Gasteiger partial charge on any atom is 0.223 e. The van der Waals surface area contributed by atoms with Gasteiger partial charge in [0.25, 0.3) is 0 Å². The number of nitrogens with zero attached hydrogens (tertiary/aromatic N) is 1. The van der Waals surface area contributed by atoms with Gasteiger partial charge in [0.05, 0.1) is 12.1 Å². The number of likely N-dealkylation sites (tertiary alicyclic amines) is 1. The van der Waals surface area contributed by atoms with Crippen molar-refractivity contribution in [3.05, 3.63) is 35.4 Å². The zero-order valence-electron chi connectivity index (χ0n) is 16.9. The molecule has 152 valence electrons. The van der Waals surface area contributed by atoms with E-state index in [1.807, 2.05) is 4.90 Å². The van der Waals surface area contributed by atoms with Crippen molar-refractivity contribution in [2.45, 2.75) is 50.2 Å². The lowest BCUT2D eigenvalue weighted by atomic mass is 9.72. The van der Waals surface area contributed by atoms with Crippen molar-refractivity contribution >= 4 is 11.8 Å². The number of amides is 2. The van der Waals surface area contributed by atoms with Gasteiger partial charge >= 0.3 is 0 Å². The molecule has 28 heavy (non-hydrogen) atoms. The molecular weight excluding hydrogens is 354 g/mol. The Bertz CT molecular complexity index is 736. The Morgan fingerprint density at radius 3 is 2.50 bits per heavy atom. The normalized spacial score (nSPS) is 26.9. The third-order valence-electron chi connectivity index (χ3n) is 7.04. The lowest BCUT2D eigenvalue weighted by molar-refractivity contribution is -0.134. The summed E-state index contributed by atoms with van der Waals surface area (Å²) in [4.78, 5) is 26.5. The van der Waals surface area contributed by atoms with Gasteiger partial charge in [-0.15, -0.1) is 0 Å². The van der Waals surface area contributed by atoms with Crippen molar-refractivity contribution in [1.82, 2.24) is 15.5 Å². The highest BCUT2D eigenvalue weighted by molar-refractivity contribution is 5.80. The van der Waals surface area contributed by atoms with Gasteiger partial charge in [0.2, 0.25) is 11.8 Å².